The zero-order valence-corrected chi connectivity index (χ0v) is 8.97. The summed E-state index contributed by atoms with van der Waals surface area (Å²) in [6.07, 6.45) is 1.52. The Hall–Kier alpha value is -1.23. The second kappa shape index (κ2) is 4.32. The minimum absolute atomic E-state index is 0.351. The predicted octanol–water partition coefficient (Wildman–Crippen LogP) is 1.26. The molecule has 1 amide bonds. The molecule has 1 rings (SSSR count). The van der Waals surface area contributed by atoms with Crippen LogP contribution in [-0.4, -0.2) is 16.1 Å². The van der Waals surface area contributed by atoms with Crippen molar-refractivity contribution in [3.05, 3.63) is 17.8 Å². The molecule has 1 aromatic rings. The van der Waals surface area contributed by atoms with Gasteiger partial charge in [-0.25, -0.2) is 4.98 Å². The SMILES string of the molecule is CC(C)Sc1ncc(N)cc1C(N)=O. The average Bonchev–Trinajstić information content (AvgIpc) is 2.07. The number of nitrogens with two attached hydrogens (primary N) is 2. The third-order valence-corrected chi connectivity index (χ3v) is 2.51. The average molecular weight is 211 g/mol. The Kier molecular flexibility index (Phi) is 3.35. The number of nitrogens with zero attached hydrogens (tertiary/aromatic N) is 1. The molecule has 0 aliphatic heterocycles. The van der Waals surface area contributed by atoms with Crippen LogP contribution >= 0.6 is 11.8 Å². The Balaban J connectivity index is 3.08. The Labute approximate surface area is 87.1 Å². The quantitative estimate of drug-likeness (QED) is 0.737. The molecule has 0 unspecified atom stereocenters. The van der Waals surface area contributed by atoms with Crippen LogP contribution in [0.1, 0.15) is 24.2 Å². The smallest absolute Gasteiger partial charge is 0.251 e. The summed E-state index contributed by atoms with van der Waals surface area (Å²) in [5.41, 5.74) is 11.6. The van der Waals surface area contributed by atoms with Crippen molar-refractivity contribution >= 4 is 23.4 Å². The number of amides is 1. The fraction of sp³-hybridized carbons (Fsp3) is 0.333. The number of primary amides is 1. The summed E-state index contributed by atoms with van der Waals surface area (Å²) >= 11 is 1.49. The highest BCUT2D eigenvalue weighted by Gasteiger charge is 2.11. The highest BCUT2D eigenvalue weighted by Crippen LogP contribution is 2.25. The largest absolute Gasteiger partial charge is 0.397 e. The van der Waals surface area contributed by atoms with Crippen LogP contribution < -0.4 is 11.5 Å². The van der Waals surface area contributed by atoms with E-state index in [9.17, 15) is 4.79 Å². The van der Waals surface area contributed by atoms with Crippen LogP contribution in [0.2, 0.25) is 0 Å². The summed E-state index contributed by atoms with van der Waals surface area (Å²) in [6, 6.07) is 1.56. The van der Waals surface area contributed by atoms with Gasteiger partial charge in [0, 0.05) is 5.25 Å². The van der Waals surface area contributed by atoms with Crippen molar-refractivity contribution in [1.29, 1.82) is 0 Å². The van der Waals surface area contributed by atoms with Crippen molar-refractivity contribution in [1.82, 2.24) is 4.98 Å². The third-order valence-electron chi connectivity index (χ3n) is 1.49. The lowest BCUT2D eigenvalue weighted by Gasteiger charge is -2.07. The van der Waals surface area contributed by atoms with Gasteiger partial charge in [0.05, 0.1) is 17.4 Å². The molecule has 14 heavy (non-hydrogen) atoms. The van der Waals surface area contributed by atoms with E-state index in [4.69, 9.17) is 11.5 Å². The summed E-state index contributed by atoms with van der Waals surface area (Å²) in [7, 11) is 0. The monoisotopic (exact) mass is 211 g/mol. The molecule has 1 heterocycles. The zero-order valence-electron chi connectivity index (χ0n) is 8.15. The van der Waals surface area contributed by atoms with Gasteiger partial charge in [-0.1, -0.05) is 13.8 Å². The number of nitrogen functional groups attached to an aromatic ring is 1. The number of hydrogen-bond acceptors (Lipinski definition) is 4. The van der Waals surface area contributed by atoms with Gasteiger partial charge in [0.15, 0.2) is 0 Å². The molecule has 0 radical (unpaired) electrons. The minimum Gasteiger partial charge on any atom is -0.397 e. The van der Waals surface area contributed by atoms with Crippen LogP contribution in [0.5, 0.6) is 0 Å². The zero-order chi connectivity index (χ0) is 10.7. The summed E-state index contributed by atoms with van der Waals surface area (Å²) in [5, 5.41) is 0.992. The van der Waals surface area contributed by atoms with Crippen molar-refractivity contribution < 1.29 is 4.79 Å². The van der Waals surface area contributed by atoms with Crippen LogP contribution in [0.25, 0.3) is 0 Å². The van der Waals surface area contributed by atoms with Crippen molar-refractivity contribution in [2.45, 2.75) is 24.1 Å². The minimum atomic E-state index is -0.493. The number of hydrogen-bond donors (Lipinski definition) is 2. The highest BCUT2D eigenvalue weighted by molar-refractivity contribution is 7.99. The van der Waals surface area contributed by atoms with E-state index in [-0.39, 0.29) is 0 Å². The van der Waals surface area contributed by atoms with Crippen LogP contribution in [0, 0.1) is 0 Å². The van der Waals surface area contributed by atoms with E-state index in [0.29, 0.717) is 21.5 Å². The molecule has 0 bridgehead atoms. The standard InChI is InChI=1S/C9H13N3OS/c1-5(2)14-9-7(8(11)13)3-6(10)4-12-9/h3-5H,10H2,1-2H3,(H2,11,13). The third kappa shape index (κ3) is 2.63. The number of rotatable bonds is 3. The fourth-order valence-electron chi connectivity index (χ4n) is 0.962. The van der Waals surface area contributed by atoms with Gasteiger partial charge in [-0.05, 0) is 6.07 Å². The second-order valence-electron chi connectivity index (χ2n) is 3.15. The van der Waals surface area contributed by atoms with Crippen LogP contribution in [-0.2, 0) is 0 Å². The molecule has 76 valence electrons. The Morgan fingerprint density at radius 1 is 1.57 bits per heavy atom. The maximum absolute atomic E-state index is 11.1. The van der Waals surface area contributed by atoms with Crippen molar-refractivity contribution in [2.24, 2.45) is 5.73 Å². The number of pyridine rings is 1. The first-order chi connectivity index (χ1) is 6.50. The van der Waals surface area contributed by atoms with E-state index in [2.05, 4.69) is 4.98 Å². The summed E-state index contributed by atoms with van der Waals surface area (Å²) in [4.78, 5) is 15.1. The fourth-order valence-corrected chi connectivity index (χ4v) is 1.81. The molecule has 0 saturated heterocycles. The van der Waals surface area contributed by atoms with Gasteiger partial charge >= 0.3 is 0 Å². The molecule has 1 aromatic heterocycles. The molecule has 0 saturated carbocycles. The second-order valence-corrected chi connectivity index (χ2v) is 4.72. The Bertz CT molecular complexity index is 352. The first-order valence-electron chi connectivity index (χ1n) is 4.22. The molecule has 4 N–H and O–H groups in total. The molecule has 4 nitrogen and oxygen atoms in total. The van der Waals surface area contributed by atoms with Gasteiger partial charge in [0.2, 0.25) is 0 Å². The van der Waals surface area contributed by atoms with E-state index in [1.807, 2.05) is 13.8 Å². The molecule has 0 aromatic carbocycles. The Morgan fingerprint density at radius 3 is 2.71 bits per heavy atom. The topological polar surface area (TPSA) is 82.0 Å². The number of carbonyl (C=O) groups excluding carboxylic acids is 1. The number of aromatic nitrogens is 1. The predicted molar refractivity (Wildman–Crippen MR) is 58.2 cm³/mol. The van der Waals surface area contributed by atoms with Gasteiger partial charge in [-0.15, -0.1) is 11.8 Å². The van der Waals surface area contributed by atoms with Gasteiger partial charge in [0.25, 0.3) is 5.91 Å². The lowest BCUT2D eigenvalue weighted by atomic mass is 10.2. The van der Waals surface area contributed by atoms with E-state index in [1.165, 1.54) is 18.0 Å². The van der Waals surface area contributed by atoms with Gasteiger partial charge < -0.3 is 11.5 Å². The molecule has 5 heteroatoms. The van der Waals surface area contributed by atoms with Crippen LogP contribution in [0.15, 0.2) is 17.3 Å². The molecule has 0 fully saturated rings. The molecule has 0 spiro atoms. The molecular weight excluding hydrogens is 198 g/mol. The van der Waals surface area contributed by atoms with Gasteiger partial charge in [-0.3, -0.25) is 4.79 Å². The van der Waals surface area contributed by atoms with Gasteiger partial charge in [-0.2, -0.15) is 0 Å². The van der Waals surface area contributed by atoms with Gasteiger partial charge in [0.1, 0.15) is 5.03 Å². The Morgan fingerprint density at radius 2 is 2.21 bits per heavy atom. The molecule has 0 atom stereocenters. The molecule has 0 aliphatic carbocycles. The maximum Gasteiger partial charge on any atom is 0.251 e. The number of carbonyl (C=O) groups is 1. The van der Waals surface area contributed by atoms with Crippen LogP contribution in [0.4, 0.5) is 5.69 Å². The first-order valence-corrected chi connectivity index (χ1v) is 5.10. The van der Waals surface area contributed by atoms with E-state index >= 15 is 0 Å². The highest BCUT2D eigenvalue weighted by atomic mass is 32.2. The number of thioether (sulfide) groups is 1. The normalized spacial score (nSPS) is 10.5. The maximum atomic E-state index is 11.1. The summed E-state index contributed by atoms with van der Waals surface area (Å²) in [5.74, 6) is -0.493. The molecular formula is C9H13N3OS. The lowest BCUT2D eigenvalue weighted by Crippen LogP contribution is -2.14. The lowest BCUT2D eigenvalue weighted by molar-refractivity contribution is 0.0997. The van der Waals surface area contributed by atoms with Crippen molar-refractivity contribution in [3.63, 3.8) is 0 Å². The van der Waals surface area contributed by atoms with E-state index in [0.717, 1.165) is 0 Å². The summed E-state index contributed by atoms with van der Waals surface area (Å²) in [6.45, 7) is 4.04. The van der Waals surface area contributed by atoms with E-state index < -0.39 is 5.91 Å². The molecule has 0 aliphatic rings. The summed E-state index contributed by atoms with van der Waals surface area (Å²) < 4.78 is 0. The number of anilines is 1. The van der Waals surface area contributed by atoms with Crippen molar-refractivity contribution in [2.75, 3.05) is 5.73 Å². The first kappa shape index (κ1) is 10.8. The van der Waals surface area contributed by atoms with Crippen LogP contribution in [0.3, 0.4) is 0 Å². The van der Waals surface area contributed by atoms with E-state index in [1.54, 1.807) is 6.07 Å². The van der Waals surface area contributed by atoms with Crippen molar-refractivity contribution in [3.8, 4) is 0 Å².